The van der Waals surface area contributed by atoms with Gasteiger partial charge in [-0.3, -0.25) is 0 Å². The van der Waals surface area contributed by atoms with Gasteiger partial charge in [0.05, 0.1) is 6.10 Å². The van der Waals surface area contributed by atoms with Gasteiger partial charge in [0.2, 0.25) is 0 Å². The minimum absolute atomic E-state index is 0.0525. The highest BCUT2D eigenvalue weighted by molar-refractivity contribution is 7.99. The van der Waals surface area contributed by atoms with Crippen molar-refractivity contribution in [3.05, 3.63) is 29.8 Å². The van der Waals surface area contributed by atoms with Crippen molar-refractivity contribution in [1.82, 2.24) is 5.32 Å². The molecule has 3 atom stereocenters. The molecule has 1 saturated carbocycles. The van der Waals surface area contributed by atoms with Crippen molar-refractivity contribution < 1.29 is 5.11 Å². The van der Waals surface area contributed by atoms with E-state index < -0.39 is 0 Å². The minimum Gasteiger partial charge on any atom is -0.393 e. The molecule has 1 heterocycles. The maximum atomic E-state index is 9.69. The van der Waals surface area contributed by atoms with E-state index in [-0.39, 0.29) is 6.10 Å². The summed E-state index contributed by atoms with van der Waals surface area (Å²) in [6.45, 7) is 2.15. The van der Waals surface area contributed by atoms with E-state index in [1.54, 1.807) is 0 Å². The zero-order chi connectivity index (χ0) is 13.1. The summed E-state index contributed by atoms with van der Waals surface area (Å²) in [6.07, 6.45) is 4.41. The number of aliphatic hydroxyl groups excluding tert-OH is 1. The lowest BCUT2D eigenvalue weighted by Gasteiger charge is -2.26. The van der Waals surface area contributed by atoms with Gasteiger partial charge in [-0.15, -0.1) is 11.8 Å². The standard InChI is InChI=1S/C16H23NOS/c18-14-5-3-4-12(8-14)9-17-10-13-11-19-16-7-2-1-6-15(13)16/h1-2,6-7,12-14,17-18H,3-5,8-11H2. The maximum Gasteiger partial charge on any atom is 0.0543 e. The van der Waals surface area contributed by atoms with Crippen molar-refractivity contribution in [2.45, 2.75) is 42.6 Å². The van der Waals surface area contributed by atoms with Crippen molar-refractivity contribution in [2.24, 2.45) is 5.92 Å². The molecular weight excluding hydrogens is 254 g/mol. The molecule has 0 aromatic heterocycles. The van der Waals surface area contributed by atoms with Gasteiger partial charge in [0.1, 0.15) is 0 Å². The molecule has 19 heavy (non-hydrogen) atoms. The topological polar surface area (TPSA) is 32.3 Å². The predicted octanol–water partition coefficient (Wildman–Crippen LogP) is 3.02. The third kappa shape index (κ3) is 3.33. The Kier molecular flexibility index (Phi) is 4.46. The highest BCUT2D eigenvalue weighted by Gasteiger charge is 2.23. The molecule has 1 aliphatic heterocycles. The Bertz CT molecular complexity index is 423. The van der Waals surface area contributed by atoms with Crippen LogP contribution in [0, 0.1) is 5.92 Å². The molecule has 2 N–H and O–H groups in total. The number of aliphatic hydroxyl groups is 1. The van der Waals surface area contributed by atoms with E-state index in [0.29, 0.717) is 11.8 Å². The van der Waals surface area contributed by atoms with Crippen molar-refractivity contribution in [3.63, 3.8) is 0 Å². The second-order valence-electron chi connectivity index (χ2n) is 5.89. The van der Waals surface area contributed by atoms with E-state index >= 15 is 0 Å². The molecule has 3 rings (SSSR count). The van der Waals surface area contributed by atoms with Gasteiger partial charge in [0, 0.05) is 23.1 Å². The molecule has 3 heteroatoms. The van der Waals surface area contributed by atoms with Crippen LogP contribution in [-0.4, -0.2) is 30.1 Å². The number of thioether (sulfide) groups is 1. The molecule has 1 aliphatic carbocycles. The zero-order valence-corrected chi connectivity index (χ0v) is 12.2. The fraction of sp³-hybridized carbons (Fsp3) is 0.625. The lowest BCUT2D eigenvalue weighted by molar-refractivity contribution is 0.101. The summed E-state index contributed by atoms with van der Waals surface area (Å²) in [6, 6.07) is 8.78. The molecular formula is C16H23NOS. The zero-order valence-electron chi connectivity index (χ0n) is 11.3. The fourth-order valence-corrected chi connectivity index (χ4v) is 4.56. The van der Waals surface area contributed by atoms with Crippen LogP contribution in [0.1, 0.15) is 37.2 Å². The normalized spacial score (nSPS) is 30.3. The number of hydrogen-bond donors (Lipinski definition) is 2. The number of rotatable bonds is 4. The summed E-state index contributed by atoms with van der Waals surface area (Å²) in [7, 11) is 0. The number of fused-ring (bicyclic) bond motifs is 1. The Morgan fingerprint density at radius 1 is 1.21 bits per heavy atom. The molecule has 0 bridgehead atoms. The highest BCUT2D eigenvalue weighted by Crippen LogP contribution is 2.38. The van der Waals surface area contributed by atoms with Crippen LogP contribution in [0.4, 0.5) is 0 Å². The molecule has 0 saturated heterocycles. The van der Waals surface area contributed by atoms with Gasteiger partial charge >= 0.3 is 0 Å². The predicted molar refractivity (Wildman–Crippen MR) is 80.7 cm³/mol. The summed E-state index contributed by atoms with van der Waals surface area (Å²) in [4.78, 5) is 1.46. The summed E-state index contributed by atoms with van der Waals surface area (Å²) < 4.78 is 0. The molecule has 2 nitrogen and oxygen atoms in total. The minimum atomic E-state index is -0.0525. The Hall–Kier alpha value is -0.510. The average molecular weight is 277 g/mol. The van der Waals surface area contributed by atoms with Crippen LogP contribution in [-0.2, 0) is 0 Å². The quantitative estimate of drug-likeness (QED) is 0.887. The third-order valence-electron chi connectivity index (χ3n) is 4.38. The van der Waals surface area contributed by atoms with Crippen LogP contribution in [0.5, 0.6) is 0 Å². The first-order valence-electron chi connectivity index (χ1n) is 7.43. The van der Waals surface area contributed by atoms with Gasteiger partial charge < -0.3 is 10.4 Å². The Morgan fingerprint density at radius 3 is 3.00 bits per heavy atom. The van der Waals surface area contributed by atoms with E-state index in [1.165, 1.54) is 29.1 Å². The van der Waals surface area contributed by atoms with E-state index in [2.05, 4.69) is 29.6 Å². The molecule has 0 amide bonds. The first kappa shape index (κ1) is 13.5. The summed E-state index contributed by atoms with van der Waals surface area (Å²) in [5, 5.41) is 13.3. The number of nitrogens with one attached hydrogen (secondary N) is 1. The van der Waals surface area contributed by atoms with Gasteiger partial charge in [-0.25, -0.2) is 0 Å². The average Bonchev–Trinajstić information content (AvgIpc) is 2.83. The molecule has 1 aromatic rings. The molecule has 0 spiro atoms. The fourth-order valence-electron chi connectivity index (χ4n) is 3.31. The van der Waals surface area contributed by atoms with Gasteiger partial charge in [-0.05, 0) is 43.4 Å². The maximum absolute atomic E-state index is 9.69. The van der Waals surface area contributed by atoms with Crippen LogP contribution >= 0.6 is 11.8 Å². The molecule has 1 fully saturated rings. The second kappa shape index (κ2) is 6.29. The van der Waals surface area contributed by atoms with Crippen LogP contribution in [0.2, 0.25) is 0 Å². The summed E-state index contributed by atoms with van der Waals surface area (Å²) >= 11 is 1.98. The van der Waals surface area contributed by atoms with Gasteiger partial charge in [-0.2, -0.15) is 0 Å². The summed E-state index contributed by atoms with van der Waals surface area (Å²) in [5.41, 5.74) is 1.52. The first-order valence-corrected chi connectivity index (χ1v) is 8.42. The Balaban J connectivity index is 1.46. The lowest BCUT2D eigenvalue weighted by Crippen LogP contribution is -2.31. The molecule has 3 unspecified atom stereocenters. The van der Waals surface area contributed by atoms with Crippen LogP contribution < -0.4 is 5.32 Å². The van der Waals surface area contributed by atoms with Crippen LogP contribution in [0.25, 0.3) is 0 Å². The van der Waals surface area contributed by atoms with E-state index in [4.69, 9.17) is 0 Å². The van der Waals surface area contributed by atoms with Crippen molar-refractivity contribution in [1.29, 1.82) is 0 Å². The van der Waals surface area contributed by atoms with Crippen molar-refractivity contribution >= 4 is 11.8 Å². The number of hydrogen-bond acceptors (Lipinski definition) is 3. The van der Waals surface area contributed by atoms with Gasteiger partial charge in [-0.1, -0.05) is 24.6 Å². The van der Waals surface area contributed by atoms with E-state index in [1.807, 2.05) is 11.8 Å². The lowest BCUT2D eigenvalue weighted by atomic mass is 9.87. The third-order valence-corrected chi connectivity index (χ3v) is 5.63. The molecule has 0 radical (unpaired) electrons. The second-order valence-corrected chi connectivity index (χ2v) is 6.95. The van der Waals surface area contributed by atoms with Gasteiger partial charge in [0.25, 0.3) is 0 Å². The Morgan fingerprint density at radius 2 is 2.11 bits per heavy atom. The van der Waals surface area contributed by atoms with E-state index in [0.717, 1.165) is 25.9 Å². The first-order chi connectivity index (χ1) is 9.33. The smallest absolute Gasteiger partial charge is 0.0543 e. The summed E-state index contributed by atoms with van der Waals surface area (Å²) in [5.74, 6) is 2.54. The van der Waals surface area contributed by atoms with Crippen LogP contribution in [0.3, 0.4) is 0 Å². The molecule has 104 valence electrons. The molecule has 2 aliphatic rings. The highest BCUT2D eigenvalue weighted by atomic mass is 32.2. The van der Waals surface area contributed by atoms with E-state index in [9.17, 15) is 5.11 Å². The monoisotopic (exact) mass is 277 g/mol. The van der Waals surface area contributed by atoms with Gasteiger partial charge in [0.15, 0.2) is 0 Å². The number of benzene rings is 1. The van der Waals surface area contributed by atoms with Crippen molar-refractivity contribution in [2.75, 3.05) is 18.8 Å². The molecule has 1 aromatic carbocycles. The van der Waals surface area contributed by atoms with Crippen molar-refractivity contribution in [3.8, 4) is 0 Å². The largest absolute Gasteiger partial charge is 0.393 e. The van der Waals surface area contributed by atoms with Crippen LogP contribution in [0.15, 0.2) is 29.2 Å². The SMILES string of the molecule is OC1CCCC(CNCC2CSc3ccccc32)C1. The Labute approximate surface area is 120 Å².